The zero-order chi connectivity index (χ0) is 14.0. The Hall–Kier alpha value is -1.47. The number of carbonyl (C=O) groups is 1. The molecule has 1 heterocycles. The van der Waals surface area contributed by atoms with Gasteiger partial charge in [0.15, 0.2) is 0 Å². The molecular weight excluding hydrogens is 271 g/mol. The summed E-state index contributed by atoms with van der Waals surface area (Å²) in [4.78, 5) is 11.2. The SMILES string of the molecule is NC(=O)C1CCCCN1S(=O)(=O)c1cccc(F)c1. The Bertz CT molecular complexity index is 588. The van der Waals surface area contributed by atoms with Crippen molar-refractivity contribution in [2.24, 2.45) is 5.73 Å². The molecule has 0 aromatic heterocycles. The minimum atomic E-state index is -3.89. The van der Waals surface area contributed by atoms with Crippen molar-refractivity contribution in [1.29, 1.82) is 0 Å². The fraction of sp³-hybridized carbons (Fsp3) is 0.417. The highest BCUT2D eigenvalue weighted by Gasteiger charge is 2.36. The summed E-state index contributed by atoms with van der Waals surface area (Å²) in [6.07, 6.45) is 1.82. The van der Waals surface area contributed by atoms with Crippen molar-refractivity contribution in [2.75, 3.05) is 6.54 Å². The molecule has 19 heavy (non-hydrogen) atoms. The summed E-state index contributed by atoms with van der Waals surface area (Å²) in [5.41, 5.74) is 5.24. The number of hydrogen-bond acceptors (Lipinski definition) is 3. The number of primary amides is 1. The maximum Gasteiger partial charge on any atom is 0.243 e. The molecule has 0 bridgehead atoms. The Morgan fingerprint density at radius 3 is 2.74 bits per heavy atom. The molecule has 7 heteroatoms. The summed E-state index contributed by atoms with van der Waals surface area (Å²) in [5, 5.41) is 0. The molecule has 1 saturated heterocycles. The standard InChI is InChI=1S/C12H15FN2O3S/c13-9-4-3-5-10(8-9)19(17,18)15-7-2-1-6-11(15)12(14)16/h3-5,8,11H,1-2,6-7H2,(H2,14,16). The van der Waals surface area contributed by atoms with Gasteiger partial charge in [-0.15, -0.1) is 0 Å². The van der Waals surface area contributed by atoms with Gasteiger partial charge in [-0.3, -0.25) is 4.79 Å². The first kappa shape index (κ1) is 14.0. The highest BCUT2D eigenvalue weighted by Crippen LogP contribution is 2.25. The van der Waals surface area contributed by atoms with Gasteiger partial charge in [0.1, 0.15) is 11.9 Å². The Morgan fingerprint density at radius 2 is 2.11 bits per heavy atom. The van der Waals surface area contributed by atoms with Gasteiger partial charge in [-0.25, -0.2) is 12.8 Å². The topological polar surface area (TPSA) is 80.5 Å². The van der Waals surface area contributed by atoms with Gasteiger partial charge < -0.3 is 5.73 Å². The molecule has 1 aliphatic heterocycles. The largest absolute Gasteiger partial charge is 0.368 e. The molecule has 0 spiro atoms. The van der Waals surface area contributed by atoms with E-state index in [-0.39, 0.29) is 11.4 Å². The molecule has 1 aromatic carbocycles. The lowest BCUT2D eigenvalue weighted by Gasteiger charge is -2.32. The van der Waals surface area contributed by atoms with Crippen LogP contribution in [-0.4, -0.2) is 31.2 Å². The Balaban J connectivity index is 2.40. The summed E-state index contributed by atoms with van der Waals surface area (Å²) in [5.74, 6) is -1.30. The third-order valence-electron chi connectivity index (χ3n) is 3.18. The molecule has 2 N–H and O–H groups in total. The number of amides is 1. The van der Waals surface area contributed by atoms with Crippen LogP contribution in [0.4, 0.5) is 4.39 Å². The van der Waals surface area contributed by atoms with Crippen molar-refractivity contribution in [3.05, 3.63) is 30.1 Å². The molecule has 1 atom stereocenters. The summed E-state index contributed by atoms with van der Waals surface area (Å²) in [6, 6.07) is 3.90. The van der Waals surface area contributed by atoms with Gasteiger partial charge in [0.2, 0.25) is 15.9 Å². The normalized spacial score (nSPS) is 21.2. The molecule has 1 fully saturated rings. The van der Waals surface area contributed by atoms with Crippen LogP contribution in [-0.2, 0) is 14.8 Å². The van der Waals surface area contributed by atoms with E-state index in [2.05, 4.69) is 0 Å². The molecule has 0 aliphatic carbocycles. The van der Waals surface area contributed by atoms with Crippen LogP contribution in [0.2, 0.25) is 0 Å². The maximum atomic E-state index is 13.1. The van der Waals surface area contributed by atoms with Crippen LogP contribution in [0.5, 0.6) is 0 Å². The van der Waals surface area contributed by atoms with Crippen LogP contribution >= 0.6 is 0 Å². The Morgan fingerprint density at radius 1 is 1.37 bits per heavy atom. The van der Waals surface area contributed by atoms with Gasteiger partial charge >= 0.3 is 0 Å². The second-order valence-corrected chi connectivity index (χ2v) is 6.38. The number of halogens is 1. The molecule has 1 aromatic rings. The molecule has 1 aliphatic rings. The van der Waals surface area contributed by atoms with Crippen LogP contribution < -0.4 is 5.73 Å². The van der Waals surface area contributed by atoms with E-state index in [0.717, 1.165) is 16.8 Å². The Labute approximate surface area is 111 Å². The van der Waals surface area contributed by atoms with Crippen molar-refractivity contribution in [3.63, 3.8) is 0 Å². The number of rotatable bonds is 3. The van der Waals surface area contributed by atoms with Gasteiger partial charge in [-0.2, -0.15) is 4.31 Å². The predicted molar refractivity (Wildman–Crippen MR) is 67.1 cm³/mol. The van der Waals surface area contributed by atoms with Crippen LogP contribution in [0.25, 0.3) is 0 Å². The minimum absolute atomic E-state index is 0.152. The Kier molecular flexibility index (Phi) is 3.86. The molecule has 0 radical (unpaired) electrons. The lowest BCUT2D eigenvalue weighted by molar-refractivity contribution is -0.122. The third-order valence-corrected chi connectivity index (χ3v) is 5.09. The molecule has 1 unspecified atom stereocenters. The van der Waals surface area contributed by atoms with Crippen LogP contribution in [0.3, 0.4) is 0 Å². The molecule has 2 rings (SSSR count). The second-order valence-electron chi connectivity index (χ2n) is 4.49. The average Bonchev–Trinajstić information content (AvgIpc) is 2.38. The van der Waals surface area contributed by atoms with Gasteiger partial charge in [0.05, 0.1) is 4.90 Å². The monoisotopic (exact) mass is 286 g/mol. The highest BCUT2D eigenvalue weighted by atomic mass is 32.2. The summed E-state index contributed by atoms with van der Waals surface area (Å²) < 4.78 is 39.0. The number of hydrogen-bond donors (Lipinski definition) is 1. The van der Waals surface area contributed by atoms with Crippen molar-refractivity contribution in [1.82, 2.24) is 4.31 Å². The van der Waals surface area contributed by atoms with E-state index < -0.39 is 27.8 Å². The predicted octanol–water partition coefficient (Wildman–Crippen LogP) is 0.854. The van der Waals surface area contributed by atoms with Crippen molar-refractivity contribution >= 4 is 15.9 Å². The van der Waals surface area contributed by atoms with E-state index in [1.165, 1.54) is 18.2 Å². The van der Waals surface area contributed by atoms with E-state index in [1.807, 2.05) is 0 Å². The quantitative estimate of drug-likeness (QED) is 0.894. The first-order valence-electron chi connectivity index (χ1n) is 5.99. The van der Waals surface area contributed by atoms with E-state index in [0.29, 0.717) is 12.8 Å². The zero-order valence-electron chi connectivity index (χ0n) is 10.3. The van der Waals surface area contributed by atoms with Crippen molar-refractivity contribution < 1.29 is 17.6 Å². The molecule has 1 amide bonds. The highest BCUT2D eigenvalue weighted by molar-refractivity contribution is 7.89. The van der Waals surface area contributed by atoms with Crippen LogP contribution in [0.1, 0.15) is 19.3 Å². The van der Waals surface area contributed by atoms with Crippen molar-refractivity contribution in [3.8, 4) is 0 Å². The zero-order valence-corrected chi connectivity index (χ0v) is 11.1. The van der Waals surface area contributed by atoms with Crippen molar-refractivity contribution in [2.45, 2.75) is 30.2 Å². The fourth-order valence-corrected chi connectivity index (χ4v) is 3.94. The van der Waals surface area contributed by atoms with E-state index >= 15 is 0 Å². The molecule has 104 valence electrons. The summed E-state index contributed by atoms with van der Waals surface area (Å²) in [6.45, 7) is 0.229. The molecule has 5 nitrogen and oxygen atoms in total. The van der Waals surface area contributed by atoms with E-state index in [1.54, 1.807) is 0 Å². The van der Waals surface area contributed by atoms with E-state index in [4.69, 9.17) is 5.73 Å². The third kappa shape index (κ3) is 2.76. The van der Waals surface area contributed by atoms with Crippen LogP contribution in [0, 0.1) is 5.82 Å². The number of sulfonamides is 1. The summed E-state index contributed by atoms with van der Waals surface area (Å²) in [7, 11) is -3.89. The van der Waals surface area contributed by atoms with Gasteiger partial charge in [0, 0.05) is 6.54 Å². The maximum absolute atomic E-state index is 13.1. The number of carbonyl (C=O) groups excluding carboxylic acids is 1. The molecular formula is C12H15FN2O3S. The second kappa shape index (κ2) is 5.26. The lowest BCUT2D eigenvalue weighted by atomic mass is 10.0. The smallest absolute Gasteiger partial charge is 0.243 e. The van der Waals surface area contributed by atoms with Gasteiger partial charge in [-0.05, 0) is 31.0 Å². The average molecular weight is 286 g/mol. The number of benzene rings is 1. The lowest BCUT2D eigenvalue weighted by Crippen LogP contribution is -2.50. The number of piperidine rings is 1. The number of nitrogens with two attached hydrogens (primary N) is 1. The van der Waals surface area contributed by atoms with E-state index in [9.17, 15) is 17.6 Å². The van der Waals surface area contributed by atoms with Gasteiger partial charge in [-0.1, -0.05) is 12.5 Å². The molecule has 0 saturated carbocycles. The first-order valence-corrected chi connectivity index (χ1v) is 7.43. The first-order chi connectivity index (χ1) is 8.93. The minimum Gasteiger partial charge on any atom is -0.368 e. The number of nitrogens with zero attached hydrogens (tertiary/aromatic N) is 1. The fourth-order valence-electron chi connectivity index (χ4n) is 2.24. The van der Waals surface area contributed by atoms with Gasteiger partial charge in [0.25, 0.3) is 0 Å². The van der Waals surface area contributed by atoms with Crippen LogP contribution in [0.15, 0.2) is 29.2 Å². The summed E-state index contributed by atoms with van der Waals surface area (Å²) >= 11 is 0.